The first-order chi connectivity index (χ1) is 10.3. The van der Waals surface area contributed by atoms with Crippen molar-refractivity contribution in [1.29, 1.82) is 0 Å². The Labute approximate surface area is 122 Å². The van der Waals surface area contributed by atoms with Gasteiger partial charge in [0.15, 0.2) is 0 Å². The van der Waals surface area contributed by atoms with E-state index in [1.54, 1.807) is 15.6 Å². The first kappa shape index (κ1) is 13.5. The molecule has 1 unspecified atom stereocenters. The molecule has 0 fully saturated rings. The summed E-state index contributed by atoms with van der Waals surface area (Å²) in [5, 5.41) is 18.7. The fraction of sp³-hybridized carbons (Fsp3) is 0.267. The fourth-order valence-corrected chi connectivity index (χ4v) is 2.23. The van der Waals surface area contributed by atoms with Crippen molar-refractivity contribution in [3.8, 4) is 5.69 Å². The van der Waals surface area contributed by atoms with Crippen LogP contribution in [-0.2, 0) is 13.0 Å². The highest BCUT2D eigenvalue weighted by atomic mass is 16.3. The average molecular weight is 283 g/mol. The first-order valence-corrected chi connectivity index (χ1v) is 6.92. The highest BCUT2D eigenvalue weighted by molar-refractivity contribution is 5.31. The van der Waals surface area contributed by atoms with Crippen molar-refractivity contribution in [3.05, 3.63) is 60.4 Å². The predicted octanol–water partition coefficient (Wildman–Crippen LogP) is 1.76. The van der Waals surface area contributed by atoms with E-state index in [1.165, 1.54) is 6.33 Å². The molecule has 0 aliphatic rings. The highest BCUT2D eigenvalue weighted by Gasteiger charge is 2.15. The van der Waals surface area contributed by atoms with E-state index in [2.05, 4.69) is 15.2 Å². The van der Waals surface area contributed by atoms with Gasteiger partial charge in [-0.25, -0.2) is 9.67 Å². The van der Waals surface area contributed by atoms with Crippen LogP contribution in [0.25, 0.3) is 5.69 Å². The quantitative estimate of drug-likeness (QED) is 0.774. The van der Waals surface area contributed by atoms with E-state index in [0.717, 1.165) is 23.6 Å². The number of hydrogen-bond donors (Lipinski definition) is 1. The number of aryl methyl sites for hydroxylation is 1. The van der Waals surface area contributed by atoms with Gasteiger partial charge < -0.3 is 5.11 Å². The van der Waals surface area contributed by atoms with Crippen LogP contribution < -0.4 is 0 Å². The average Bonchev–Trinajstić information content (AvgIpc) is 3.17. The molecule has 1 N–H and O–H groups in total. The molecule has 0 saturated heterocycles. The molecule has 1 aromatic carbocycles. The van der Waals surface area contributed by atoms with Crippen LogP contribution in [0, 0.1) is 0 Å². The molecule has 2 heterocycles. The minimum Gasteiger partial charge on any atom is -0.388 e. The second kappa shape index (κ2) is 5.88. The predicted molar refractivity (Wildman–Crippen MR) is 77.9 cm³/mol. The highest BCUT2D eigenvalue weighted by Crippen LogP contribution is 2.18. The molecule has 6 heteroatoms. The van der Waals surface area contributed by atoms with Crippen molar-refractivity contribution in [3.63, 3.8) is 0 Å². The van der Waals surface area contributed by atoms with E-state index in [9.17, 15) is 5.11 Å². The molecule has 3 rings (SSSR count). The van der Waals surface area contributed by atoms with Crippen molar-refractivity contribution in [1.82, 2.24) is 24.5 Å². The van der Waals surface area contributed by atoms with Gasteiger partial charge in [0.2, 0.25) is 0 Å². The van der Waals surface area contributed by atoms with Crippen LogP contribution in [0.3, 0.4) is 0 Å². The van der Waals surface area contributed by atoms with Gasteiger partial charge in [-0.2, -0.15) is 10.2 Å². The fourth-order valence-electron chi connectivity index (χ4n) is 2.23. The maximum Gasteiger partial charge on any atom is 0.138 e. The zero-order valence-electron chi connectivity index (χ0n) is 11.8. The second-order valence-electron chi connectivity index (χ2n) is 4.77. The van der Waals surface area contributed by atoms with Gasteiger partial charge in [-0.1, -0.05) is 18.2 Å². The van der Waals surface area contributed by atoms with Crippen LogP contribution in [0.4, 0.5) is 0 Å². The molecular formula is C15H17N5O. The molecule has 0 aliphatic carbocycles. The van der Waals surface area contributed by atoms with Crippen LogP contribution >= 0.6 is 0 Å². The van der Waals surface area contributed by atoms with Gasteiger partial charge in [-0.15, -0.1) is 0 Å². The summed E-state index contributed by atoms with van der Waals surface area (Å²) in [6.45, 7) is 2.74. The van der Waals surface area contributed by atoms with Crippen LogP contribution in [0.5, 0.6) is 0 Å². The van der Waals surface area contributed by atoms with Gasteiger partial charge in [0.25, 0.3) is 0 Å². The molecule has 0 spiro atoms. The molecule has 0 saturated carbocycles. The largest absolute Gasteiger partial charge is 0.388 e. The van der Waals surface area contributed by atoms with E-state index in [-0.39, 0.29) is 0 Å². The van der Waals surface area contributed by atoms with Crippen molar-refractivity contribution in [2.45, 2.75) is 26.0 Å². The summed E-state index contributed by atoms with van der Waals surface area (Å²) in [5.41, 5.74) is 1.73. The maximum atomic E-state index is 10.3. The number of benzene rings is 1. The van der Waals surface area contributed by atoms with Crippen molar-refractivity contribution in [2.24, 2.45) is 0 Å². The van der Waals surface area contributed by atoms with E-state index in [0.29, 0.717) is 6.42 Å². The van der Waals surface area contributed by atoms with E-state index < -0.39 is 6.10 Å². The van der Waals surface area contributed by atoms with E-state index >= 15 is 0 Å². The SMILES string of the molecule is CCn1ncnc1CC(O)c1cnn(-c2ccccc2)c1. The molecule has 21 heavy (non-hydrogen) atoms. The Hall–Kier alpha value is -2.47. The van der Waals surface area contributed by atoms with Crippen LogP contribution in [0.1, 0.15) is 24.4 Å². The zero-order chi connectivity index (χ0) is 14.7. The lowest BCUT2D eigenvalue weighted by Crippen LogP contribution is -2.09. The minimum atomic E-state index is -0.642. The third kappa shape index (κ3) is 2.85. The third-order valence-corrected chi connectivity index (χ3v) is 3.38. The Morgan fingerprint density at radius 2 is 2.00 bits per heavy atom. The number of aromatic nitrogens is 5. The zero-order valence-corrected chi connectivity index (χ0v) is 11.8. The number of nitrogens with zero attached hydrogens (tertiary/aromatic N) is 5. The van der Waals surface area contributed by atoms with E-state index in [1.807, 2.05) is 43.5 Å². The molecule has 0 amide bonds. The molecule has 0 bridgehead atoms. The molecule has 3 aromatic rings. The normalized spacial score (nSPS) is 12.5. The summed E-state index contributed by atoms with van der Waals surface area (Å²) in [6.07, 6.45) is 4.82. The minimum absolute atomic E-state index is 0.425. The van der Waals surface area contributed by atoms with E-state index in [4.69, 9.17) is 0 Å². The van der Waals surface area contributed by atoms with Crippen molar-refractivity contribution < 1.29 is 5.11 Å². The van der Waals surface area contributed by atoms with Crippen molar-refractivity contribution >= 4 is 0 Å². The molecular weight excluding hydrogens is 266 g/mol. The summed E-state index contributed by atoms with van der Waals surface area (Å²) >= 11 is 0. The standard InChI is InChI=1S/C15H17N5O/c1-2-19-15(16-11-18-19)8-14(21)12-9-17-20(10-12)13-6-4-3-5-7-13/h3-7,9-11,14,21H,2,8H2,1H3. The summed E-state index contributed by atoms with van der Waals surface area (Å²) in [5.74, 6) is 0.775. The lowest BCUT2D eigenvalue weighted by molar-refractivity contribution is 0.174. The van der Waals surface area contributed by atoms with Gasteiger partial charge >= 0.3 is 0 Å². The lowest BCUT2D eigenvalue weighted by atomic mass is 10.1. The van der Waals surface area contributed by atoms with Gasteiger partial charge in [-0.3, -0.25) is 4.68 Å². The summed E-state index contributed by atoms with van der Waals surface area (Å²) < 4.78 is 3.54. The van der Waals surface area contributed by atoms with Crippen LogP contribution in [0.2, 0.25) is 0 Å². The molecule has 0 radical (unpaired) electrons. The molecule has 6 nitrogen and oxygen atoms in total. The first-order valence-electron chi connectivity index (χ1n) is 6.92. The number of aliphatic hydroxyl groups excluding tert-OH is 1. The second-order valence-corrected chi connectivity index (χ2v) is 4.77. The summed E-state index contributed by atoms with van der Waals surface area (Å²) in [7, 11) is 0. The Morgan fingerprint density at radius 3 is 2.76 bits per heavy atom. The summed E-state index contributed by atoms with van der Waals surface area (Å²) in [4.78, 5) is 4.18. The Balaban J connectivity index is 1.77. The Kier molecular flexibility index (Phi) is 3.79. The molecule has 108 valence electrons. The number of para-hydroxylation sites is 1. The van der Waals surface area contributed by atoms with Gasteiger partial charge in [0.1, 0.15) is 12.2 Å². The number of aliphatic hydroxyl groups is 1. The van der Waals surface area contributed by atoms with Gasteiger partial charge in [-0.05, 0) is 19.1 Å². The van der Waals surface area contributed by atoms with Crippen LogP contribution in [-0.4, -0.2) is 29.7 Å². The van der Waals surface area contributed by atoms with Crippen LogP contribution in [0.15, 0.2) is 49.1 Å². The monoisotopic (exact) mass is 283 g/mol. The maximum absolute atomic E-state index is 10.3. The Bertz CT molecular complexity index is 704. The van der Waals surface area contributed by atoms with Gasteiger partial charge in [0.05, 0.1) is 18.0 Å². The molecule has 2 aromatic heterocycles. The van der Waals surface area contributed by atoms with Gasteiger partial charge in [0, 0.05) is 24.7 Å². The number of rotatable bonds is 5. The smallest absolute Gasteiger partial charge is 0.138 e. The third-order valence-electron chi connectivity index (χ3n) is 3.38. The Morgan fingerprint density at radius 1 is 1.19 bits per heavy atom. The molecule has 1 atom stereocenters. The van der Waals surface area contributed by atoms with Crippen molar-refractivity contribution in [2.75, 3.05) is 0 Å². The lowest BCUT2D eigenvalue weighted by Gasteiger charge is -2.08. The summed E-state index contributed by atoms with van der Waals surface area (Å²) in [6, 6.07) is 9.81. The molecule has 0 aliphatic heterocycles. The topological polar surface area (TPSA) is 68.8 Å². The number of hydrogen-bond acceptors (Lipinski definition) is 4.